The Morgan fingerprint density at radius 3 is 2.73 bits per heavy atom. The Bertz CT molecular complexity index is 1200. The third-order valence-electron chi connectivity index (χ3n) is 3.93. The molecule has 0 aliphatic carbocycles. The maximum Gasteiger partial charge on any atom is 0.265 e. The highest BCUT2D eigenvalue weighted by Gasteiger charge is 2.24. The summed E-state index contributed by atoms with van der Waals surface area (Å²) in [6, 6.07) is 12.9. The predicted molar refractivity (Wildman–Crippen MR) is 104 cm³/mol. The number of thiophene rings is 1. The van der Waals surface area contributed by atoms with Crippen LogP contribution in [-0.2, 0) is 17.1 Å². The van der Waals surface area contributed by atoms with Crippen molar-refractivity contribution in [2.24, 2.45) is 7.05 Å². The molecule has 0 aliphatic heterocycles. The van der Waals surface area contributed by atoms with Crippen LogP contribution in [-0.4, -0.2) is 23.2 Å². The summed E-state index contributed by atoms with van der Waals surface area (Å²) >= 11 is 1.45. The van der Waals surface area contributed by atoms with Crippen LogP contribution in [0.15, 0.2) is 58.9 Å². The maximum atomic E-state index is 13.1. The number of benzene rings is 1. The predicted octanol–water partition coefficient (Wildman–Crippen LogP) is 3.81. The van der Waals surface area contributed by atoms with Crippen molar-refractivity contribution in [3.8, 4) is 10.6 Å². The number of aryl methyl sites for hydroxylation is 2. The molecule has 0 radical (unpaired) electrons. The topological polar surface area (TPSA) is 76.9 Å². The molecular formula is C18H16N4O2S2. The second kappa shape index (κ2) is 6.22. The minimum Gasteiger partial charge on any atom is -0.279 e. The molecule has 26 heavy (non-hydrogen) atoms. The van der Waals surface area contributed by atoms with Crippen LogP contribution in [0.25, 0.3) is 21.5 Å². The Hall–Kier alpha value is -2.71. The van der Waals surface area contributed by atoms with E-state index in [0.29, 0.717) is 11.4 Å². The molecule has 0 amide bonds. The van der Waals surface area contributed by atoms with Crippen LogP contribution in [0.2, 0.25) is 0 Å². The molecule has 6 nitrogen and oxygen atoms in total. The van der Waals surface area contributed by atoms with Gasteiger partial charge >= 0.3 is 0 Å². The van der Waals surface area contributed by atoms with Crippen LogP contribution in [0.1, 0.15) is 5.69 Å². The van der Waals surface area contributed by atoms with Gasteiger partial charge in [-0.15, -0.1) is 11.3 Å². The Labute approximate surface area is 155 Å². The molecule has 1 N–H and O–H groups in total. The zero-order valence-corrected chi connectivity index (χ0v) is 15.8. The maximum absolute atomic E-state index is 13.1. The van der Waals surface area contributed by atoms with Gasteiger partial charge < -0.3 is 0 Å². The number of para-hydroxylation sites is 1. The van der Waals surface area contributed by atoms with Crippen molar-refractivity contribution in [3.05, 3.63) is 59.7 Å². The molecule has 0 atom stereocenters. The fourth-order valence-corrected chi connectivity index (χ4v) is 4.89. The molecule has 0 saturated carbocycles. The van der Waals surface area contributed by atoms with Crippen molar-refractivity contribution in [1.29, 1.82) is 0 Å². The SMILES string of the molecule is Cc1cc(NS(=O)(=O)c2cn(C)nc2-c2cccs2)c2ccccc2n1. The van der Waals surface area contributed by atoms with Crippen LogP contribution < -0.4 is 4.72 Å². The van der Waals surface area contributed by atoms with Gasteiger partial charge in [0.15, 0.2) is 0 Å². The van der Waals surface area contributed by atoms with Crippen molar-refractivity contribution in [3.63, 3.8) is 0 Å². The molecule has 0 saturated heterocycles. The van der Waals surface area contributed by atoms with Gasteiger partial charge in [0.05, 0.1) is 16.1 Å². The molecule has 3 heterocycles. The van der Waals surface area contributed by atoms with E-state index in [9.17, 15) is 8.42 Å². The van der Waals surface area contributed by atoms with Crippen LogP contribution >= 0.6 is 11.3 Å². The van der Waals surface area contributed by atoms with Crippen molar-refractivity contribution in [2.45, 2.75) is 11.8 Å². The average molecular weight is 384 g/mol. The Balaban J connectivity index is 1.83. The summed E-state index contributed by atoms with van der Waals surface area (Å²) in [5, 5.41) is 6.99. The summed E-state index contributed by atoms with van der Waals surface area (Å²) in [6.45, 7) is 1.84. The molecule has 4 rings (SSSR count). The lowest BCUT2D eigenvalue weighted by Gasteiger charge is -2.11. The third-order valence-corrected chi connectivity index (χ3v) is 6.17. The smallest absolute Gasteiger partial charge is 0.265 e. The monoisotopic (exact) mass is 384 g/mol. The molecule has 0 unspecified atom stereocenters. The number of aromatic nitrogens is 3. The summed E-state index contributed by atoms with van der Waals surface area (Å²) < 4.78 is 30.4. The minimum atomic E-state index is -3.81. The average Bonchev–Trinajstić information content (AvgIpc) is 3.23. The van der Waals surface area contributed by atoms with Gasteiger partial charge in [-0.05, 0) is 30.5 Å². The van der Waals surface area contributed by atoms with E-state index in [1.54, 1.807) is 13.1 Å². The zero-order chi connectivity index (χ0) is 18.3. The summed E-state index contributed by atoms with van der Waals surface area (Å²) in [6.07, 6.45) is 1.52. The molecule has 0 fully saturated rings. The highest BCUT2D eigenvalue weighted by molar-refractivity contribution is 7.92. The van der Waals surface area contributed by atoms with Gasteiger partial charge in [-0.2, -0.15) is 5.10 Å². The molecule has 3 aromatic heterocycles. The van der Waals surface area contributed by atoms with Crippen LogP contribution in [0.5, 0.6) is 0 Å². The number of rotatable bonds is 4. The number of pyridine rings is 1. The van der Waals surface area contributed by atoms with Gasteiger partial charge in [0.25, 0.3) is 10.0 Å². The second-order valence-electron chi connectivity index (χ2n) is 5.93. The third kappa shape index (κ3) is 2.97. The summed E-state index contributed by atoms with van der Waals surface area (Å²) in [5.74, 6) is 0. The van der Waals surface area contributed by atoms with E-state index in [1.807, 2.05) is 48.7 Å². The molecule has 1 aromatic carbocycles. The normalized spacial score (nSPS) is 11.8. The van der Waals surface area contributed by atoms with Gasteiger partial charge in [-0.25, -0.2) is 8.42 Å². The summed E-state index contributed by atoms with van der Waals surface area (Å²) in [5.41, 5.74) is 2.44. The van der Waals surface area contributed by atoms with Gasteiger partial charge in [-0.3, -0.25) is 14.4 Å². The van der Waals surface area contributed by atoms with E-state index in [0.717, 1.165) is 21.5 Å². The Morgan fingerprint density at radius 1 is 1.15 bits per heavy atom. The quantitative estimate of drug-likeness (QED) is 0.580. The van der Waals surface area contributed by atoms with E-state index >= 15 is 0 Å². The lowest BCUT2D eigenvalue weighted by molar-refractivity contribution is 0.601. The van der Waals surface area contributed by atoms with Crippen LogP contribution in [0.4, 0.5) is 5.69 Å². The number of fused-ring (bicyclic) bond motifs is 1. The van der Waals surface area contributed by atoms with Crippen LogP contribution in [0.3, 0.4) is 0 Å². The molecule has 0 aliphatic rings. The first-order chi connectivity index (χ1) is 12.4. The minimum absolute atomic E-state index is 0.154. The molecule has 0 spiro atoms. The first-order valence-electron chi connectivity index (χ1n) is 7.91. The Kier molecular flexibility index (Phi) is 4.01. The number of anilines is 1. The lowest BCUT2D eigenvalue weighted by atomic mass is 10.2. The van der Waals surface area contributed by atoms with Gasteiger partial charge in [0, 0.05) is 24.3 Å². The number of sulfonamides is 1. The molecular weight excluding hydrogens is 368 g/mol. The number of hydrogen-bond donors (Lipinski definition) is 1. The number of nitrogens with zero attached hydrogens (tertiary/aromatic N) is 3. The molecule has 0 bridgehead atoms. The van der Waals surface area contributed by atoms with E-state index in [4.69, 9.17) is 0 Å². The summed E-state index contributed by atoms with van der Waals surface area (Å²) in [4.78, 5) is 5.41. The van der Waals surface area contributed by atoms with Crippen LogP contribution in [0, 0.1) is 6.92 Å². The summed E-state index contributed by atoms with van der Waals surface area (Å²) in [7, 11) is -2.10. The zero-order valence-electron chi connectivity index (χ0n) is 14.2. The van der Waals surface area contributed by atoms with Gasteiger partial charge in [0.1, 0.15) is 10.6 Å². The highest BCUT2D eigenvalue weighted by Crippen LogP contribution is 2.32. The highest BCUT2D eigenvalue weighted by atomic mass is 32.2. The van der Waals surface area contributed by atoms with Crippen molar-refractivity contribution < 1.29 is 8.42 Å². The number of hydrogen-bond acceptors (Lipinski definition) is 5. The van der Waals surface area contributed by atoms with Crippen molar-refractivity contribution in [2.75, 3.05) is 4.72 Å². The molecule has 8 heteroatoms. The van der Waals surface area contributed by atoms with E-state index in [1.165, 1.54) is 22.2 Å². The molecule has 4 aromatic rings. The van der Waals surface area contributed by atoms with E-state index in [-0.39, 0.29) is 4.90 Å². The largest absolute Gasteiger partial charge is 0.279 e. The van der Waals surface area contributed by atoms with Crippen molar-refractivity contribution in [1.82, 2.24) is 14.8 Å². The lowest BCUT2D eigenvalue weighted by Crippen LogP contribution is -2.14. The first kappa shape index (κ1) is 16.7. The van der Waals surface area contributed by atoms with E-state index in [2.05, 4.69) is 14.8 Å². The standard InChI is InChI=1S/C18H16N4O2S2/c1-12-10-15(13-6-3-4-7-14(13)19-12)21-26(23,24)17-11-22(2)20-18(17)16-8-5-9-25-16/h3-11H,1-2H3,(H,19,21). The van der Waals surface area contributed by atoms with Gasteiger partial charge in [-0.1, -0.05) is 24.3 Å². The van der Waals surface area contributed by atoms with E-state index < -0.39 is 10.0 Å². The van der Waals surface area contributed by atoms with Gasteiger partial charge in [0.2, 0.25) is 0 Å². The first-order valence-corrected chi connectivity index (χ1v) is 10.3. The second-order valence-corrected chi connectivity index (χ2v) is 8.53. The fourth-order valence-electron chi connectivity index (χ4n) is 2.84. The number of nitrogens with one attached hydrogen (secondary N) is 1. The van der Waals surface area contributed by atoms with Crippen molar-refractivity contribution >= 4 is 38.0 Å². The Morgan fingerprint density at radius 2 is 1.96 bits per heavy atom. The fraction of sp³-hybridized carbons (Fsp3) is 0.111. The molecule has 132 valence electrons.